The molecule has 1 aromatic carbocycles. The molecular weight excluding hydrogens is 211 g/mol. The summed E-state index contributed by atoms with van der Waals surface area (Å²) in [6, 6.07) is 3.27. The van der Waals surface area contributed by atoms with Gasteiger partial charge in [0.05, 0.1) is 19.4 Å². The summed E-state index contributed by atoms with van der Waals surface area (Å²) in [5, 5.41) is 9.04. The first-order valence-corrected chi connectivity index (χ1v) is 4.83. The number of benzene rings is 1. The Bertz CT molecular complexity index is 392. The summed E-state index contributed by atoms with van der Waals surface area (Å²) in [5.74, 6) is 0.444. The lowest BCUT2D eigenvalue weighted by Gasteiger charge is -2.09. The lowest BCUT2D eigenvalue weighted by Crippen LogP contribution is -2.01. The summed E-state index contributed by atoms with van der Waals surface area (Å²) >= 11 is 0. The van der Waals surface area contributed by atoms with Crippen molar-refractivity contribution in [1.82, 2.24) is 0 Å². The number of aliphatic hydroxyl groups is 1. The van der Waals surface area contributed by atoms with E-state index < -0.39 is 6.30 Å². The Morgan fingerprint density at radius 3 is 2.81 bits per heavy atom. The number of anilines is 1. The van der Waals surface area contributed by atoms with E-state index in [9.17, 15) is 4.39 Å². The minimum atomic E-state index is -1.29. The minimum absolute atomic E-state index is 0.136. The molecule has 1 unspecified atom stereocenters. The van der Waals surface area contributed by atoms with Gasteiger partial charge in [-0.25, -0.2) is 4.39 Å². The van der Waals surface area contributed by atoms with E-state index >= 15 is 0 Å². The van der Waals surface area contributed by atoms with Crippen molar-refractivity contribution >= 4 is 11.9 Å². The van der Waals surface area contributed by atoms with Crippen molar-refractivity contribution in [3.05, 3.63) is 23.3 Å². The number of aliphatic imine (C=N–C) groups is 1. The highest BCUT2D eigenvalue weighted by atomic mass is 19.1. The Morgan fingerprint density at radius 1 is 1.62 bits per heavy atom. The second kappa shape index (κ2) is 5.46. The third kappa shape index (κ3) is 2.93. The topological polar surface area (TPSA) is 67.8 Å². The van der Waals surface area contributed by atoms with Gasteiger partial charge in [0.2, 0.25) is 0 Å². The van der Waals surface area contributed by atoms with Gasteiger partial charge in [0.15, 0.2) is 6.30 Å². The van der Waals surface area contributed by atoms with Crippen LogP contribution in [0.15, 0.2) is 17.1 Å². The third-order valence-electron chi connectivity index (χ3n) is 2.06. The van der Waals surface area contributed by atoms with Crippen molar-refractivity contribution in [2.24, 2.45) is 4.99 Å². The molecule has 4 nitrogen and oxygen atoms in total. The van der Waals surface area contributed by atoms with Gasteiger partial charge in [0.25, 0.3) is 0 Å². The summed E-state index contributed by atoms with van der Waals surface area (Å²) in [5.41, 5.74) is 7.34. The second-order valence-corrected chi connectivity index (χ2v) is 3.31. The molecule has 1 atom stereocenters. The van der Waals surface area contributed by atoms with Gasteiger partial charge in [-0.05, 0) is 24.6 Å². The maximum absolute atomic E-state index is 12.6. The Morgan fingerprint density at radius 2 is 2.31 bits per heavy atom. The molecule has 0 bridgehead atoms. The normalized spacial score (nSPS) is 13.0. The third-order valence-corrected chi connectivity index (χ3v) is 2.06. The van der Waals surface area contributed by atoms with Gasteiger partial charge in [-0.15, -0.1) is 0 Å². The lowest BCUT2D eigenvalue weighted by atomic mass is 10.1. The minimum Gasteiger partial charge on any atom is -0.495 e. The molecular formula is C11H15FN2O2. The van der Waals surface area contributed by atoms with Gasteiger partial charge >= 0.3 is 0 Å². The first-order chi connectivity index (χ1) is 7.58. The average Bonchev–Trinajstić information content (AvgIpc) is 2.27. The number of hydrogen-bond donors (Lipinski definition) is 2. The van der Waals surface area contributed by atoms with Gasteiger partial charge in [-0.3, -0.25) is 4.99 Å². The monoisotopic (exact) mass is 226 g/mol. The van der Waals surface area contributed by atoms with Crippen LogP contribution in [0.4, 0.5) is 10.1 Å². The van der Waals surface area contributed by atoms with Crippen LogP contribution in [0.25, 0.3) is 0 Å². The van der Waals surface area contributed by atoms with Crippen LogP contribution in [-0.4, -0.2) is 24.7 Å². The van der Waals surface area contributed by atoms with E-state index in [0.717, 1.165) is 0 Å². The summed E-state index contributed by atoms with van der Waals surface area (Å²) in [7, 11) is 1.48. The molecule has 88 valence electrons. The Kier molecular flexibility index (Phi) is 4.25. The van der Waals surface area contributed by atoms with E-state index in [1.54, 1.807) is 12.1 Å². The fourth-order valence-electron chi connectivity index (χ4n) is 1.26. The fraction of sp³-hybridized carbons (Fsp3) is 0.364. The average molecular weight is 226 g/mol. The van der Waals surface area contributed by atoms with Gasteiger partial charge in [0, 0.05) is 11.8 Å². The molecule has 0 saturated carbocycles. The molecule has 16 heavy (non-hydrogen) atoms. The number of nitrogens with zero attached hydrogens (tertiary/aromatic N) is 1. The smallest absolute Gasteiger partial charge is 0.187 e. The van der Waals surface area contributed by atoms with Gasteiger partial charge < -0.3 is 15.6 Å². The first-order valence-electron chi connectivity index (χ1n) is 4.83. The molecule has 0 heterocycles. The quantitative estimate of drug-likeness (QED) is 0.464. The molecule has 0 aliphatic rings. The summed E-state index contributed by atoms with van der Waals surface area (Å²) < 4.78 is 17.6. The maximum atomic E-state index is 12.6. The predicted molar refractivity (Wildman–Crippen MR) is 61.5 cm³/mol. The maximum Gasteiger partial charge on any atom is 0.187 e. The molecule has 1 aromatic rings. The van der Waals surface area contributed by atoms with Gasteiger partial charge in [-0.2, -0.15) is 0 Å². The molecule has 0 aromatic heterocycles. The number of aliphatic hydroxyl groups excluding tert-OH is 1. The molecule has 3 N–H and O–H groups in total. The lowest BCUT2D eigenvalue weighted by molar-refractivity contribution is 0.281. The van der Waals surface area contributed by atoms with Crippen LogP contribution in [0.5, 0.6) is 5.75 Å². The molecule has 0 saturated heterocycles. The van der Waals surface area contributed by atoms with E-state index in [1.807, 2.05) is 0 Å². The number of rotatable bonds is 4. The first kappa shape index (κ1) is 12.4. The van der Waals surface area contributed by atoms with Crippen LogP contribution < -0.4 is 10.5 Å². The Labute approximate surface area is 93.6 Å². The van der Waals surface area contributed by atoms with Crippen LogP contribution in [0.1, 0.15) is 18.1 Å². The molecule has 0 radical (unpaired) electrons. The number of hydrogen-bond acceptors (Lipinski definition) is 4. The van der Waals surface area contributed by atoms with Crippen molar-refractivity contribution in [2.45, 2.75) is 19.8 Å². The van der Waals surface area contributed by atoms with Crippen molar-refractivity contribution in [3.63, 3.8) is 0 Å². The predicted octanol–water partition coefficient (Wildman–Crippen LogP) is 1.50. The molecule has 0 spiro atoms. The van der Waals surface area contributed by atoms with Crippen molar-refractivity contribution in [2.75, 3.05) is 12.8 Å². The fourth-order valence-corrected chi connectivity index (χ4v) is 1.26. The highest BCUT2D eigenvalue weighted by Crippen LogP contribution is 2.26. The van der Waals surface area contributed by atoms with Crippen LogP contribution in [0.3, 0.4) is 0 Å². The van der Waals surface area contributed by atoms with Gasteiger partial charge in [0.1, 0.15) is 5.75 Å². The number of halogens is 1. The number of nitrogens with two attached hydrogens (primary N) is 1. The zero-order valence-electron chi connectivity index (χ0n) is 9.27. The summed E-state index contributed by atoms with van der Waals surface area (Å²) in [6.07, 6.45) is 0.0463. The number of alkyl halides is 1. The van der Waals surface area contributed by atoms with Crippen molar-refractivity contribution in [1.29, 1.82) is 0 Å². The Balaban J connectivity index is 3.15. The molecule has 0 amide bonds. The van der Waals surface area contributed by atoms with Crippen LogP contribution in [-0.2, 0) is 6.61 Å². The van der Waals surface area contributed by atoms with Crippen LogP contribution in [0, 0.1) is 0 Å². The largest absolute Gasteiger partial charge is 0.495 e. The Hall–Kier alpha value is -1.62. The zero-order valence-corrected chi connectivity index (χ0v) is 9.27. The standard InChI is InChI=1S/C11H15FN2O2/c1-7(12)14-5-9-3-8(6-15)4-10(16-2)11(9)13/h3-5,7,15H,6,13H2,1-2H3/b14-5+. The van der Waals surface area contributed by atoms with Gasteiger partial charge in [-0.1, -0.05) is 0 Å². The van der Waals surface area contributed by atoms with E-state index in [4.69, 9.17) is 15.6 Å². The molecule has 5 heteroatoms. The van der Waals surface area contributed by atoms with E-state index in [2.05, 4.69) is 4.99 Å². The molecule has 0 fully saturated rings. The highest BCUT2D eigenvalue weighted by molar-refractivity contribution is 5.89. The SMILES string of the molecule is COc1cc(CO)cc(/C=N/C(C)F)c1N. The molecule has 0 aliphatic carbocycles. The second-order valence-electron chi connectivity index (χ2n) is 3.31. The van der Waals surface area contributed by atoms with E-state index in [1.165, 1.54) is 20.2 Å². The number of ether oxygens (including phenoxy) is 1. The highest BCUT2D eigenvalue weighted by Gasteiger charge is 2.07. The summed E-state index contributed by atoms with van der Waals surface area (Å²) in [6.45, 7) is 1.18. The number of nitrogen functional groups attached to an aromatic ring is 1. The summed E-state index contributed by atoms with van der Waals surface area (Å²) in [4.78, 5) is 3.60. The van der Waals surface area contributed by atoms with E-state index in [-0.39, 0.29) is 6.61 Å². The van der Waals surface area contributed by atoms with E-state index in [0.29, 0.717) is 22.6 Å². The van der Waals surface area contributed by atoms with Crippen molar-refractivity contribution in [3.8, 4) is 5.75 Å². The van der Waals surface area contributed by atoms with Crippen LogP contribution >= 0.6 is 0 Å². The van der Waals surface area contributed by atoms with Crippen molar-refractivity contribution < 1.29 is 14.2 Å². The van der Waals surface area contributed by atoms with Crippen LogP contribution in [0.2, 0.25) is 0 Å². The number of methoxy groups -OCH3 is 1. The molecule has 1 rings (SSSR count). The molecule has 0 aliphatic heterocycles. The zero-order chi connectivity index (χ0) is 12.1.